The van der Waals surface area contributed by atoms with Crippen LogP contribution in [0.2, 0.25) is 0 Å². The predicted molar refractivity (Wildman–Crippen MR) is 32.2 cm³/mol. The molecule has 4 nitrogen and oxygen atoms in total. The molecular weight excluding hydrogens is 147 g/mol. The van der Waals surface area contributed by atoms with Gasteiger partial charge in [0.2, 0.25) is 0 Å². The lowest BCUT2D eigenvalue weighted by atomic mass is 10.7. The van der Waals surface area contributed by atoms with Gasteiger partial charge in [-0.05, 0) is 6.92 Å². The van der Waals surface area contributed by atoms with Crippen LogP contribution >= 0.6 is 0 Å². The summed E-state index contributed by atoms with van der Waals surface area (Å²) in [5.74, 6) is 0.0255. The van der Waals surface area contributed by atoms with Gasteiger partial charge in [0.15, 0.2) is 0 Å². The molecule has 9 heavy (non-hydrogen) atoms. The molecule has 0 atom stereocenters. The van der Waals surface area contributed by atoms with Crippen molar-refractivity contribution in [1.29, 1.82) is 0 Å². The summed E-state index contributed by atoms with van der Waals surface area (Å²) < 4.78 is 32.6. The molecule has 6 heteroatoms. The molecule has 1 N–H and O–H groups in total. The van der Waals surface area contributed by atoms with Gasteiger partial charge < -0.3 is 0 Å². The second-order valence-electron chi connectivity index (χ2n) is 1.35. The quantitative estimate of drug-likeness (QED) is 0.324. The van der Waals surface area contributed by atoms with Gasteiger partial charge in [-0.15, -0.1) is 0 Å². The van der Waals surface area contributed by atoms with E-state index in [-0.39, 0.29) is 5.84 Å². The van der Waals surface area contributed by atoms with Crippen LogP contribution in [0.15, 0.2) is 4.99 Å². The summed E-state index contributed by atoms with van der Waals surface area (Å²) in [7, 11) is -3.26. The number of hydrogen-bond acceptors (Lipinski definition) is 3. The van der Waals surface area contributed by atoms with Crippen LogP contribution in [-0.4, -0.2) is 21.3 Å². The van der Waals surface area contributed by atoms with E-state index in [1.807, 2.05) is 0 Å². The fourth-order valence-electron chi connectivity index (χ4n) is 0.222. The molecule has 0 aliphatic rings. The molecule has 0 aromatic heterocycles. The molecule has 0 amide bonds. The first-order chi connectivity index (χ1) is 3.95. The Hall–Kier alpha value is -0.650. The van der Waals surface area contributed by atoms with Crippen molar-refractivity contribution in [3.8, 4) is 0 Å². The minimum Gasteiger partial charge on any atom is -0.275 e. The van der Waals surface area contributed by atoms with Gasteiger partial charge in [0.05, 0.1) is 0 Å². The van der Waals surface area contributed by atoms with Crippen LogP contribution in [0.5, 0.6) is 0 Å². The first-order valence-corrected chi connectivity index (χ1v) is 3.50. The van der Waals surface area contributed by atoms with Gasteiger partial charge >= 0.3 is 10.4 Å². The van der Waals surface area contributed by atoms with E-state index >= 15 is 0 Å². The van der Waals surface area contributed by atoms with Crippen LogP contribution in [0.25, 0.3) is 0 Å². The van der Waals surface area contributed by atoms with Gasteiger partial charge in [0.25, 0.3) is 0 Å². The van der Waals surface area contributed by atoms with Crippen LogP contribution in [0.3, 0.4) is 0 Å². The van der Waals surface area contributed by atoms with Gasteiger partial charge in [-0.25, -0.2) is 4.72 Å². The molecule has 0 heterocycles. The average molecular weight is 154 g/mol. The lowest BCUT2D eigenvalue weighted by molar-refractivity contribution is 0.547. The van der Waals surface area contributed by atoms with Crippen LogP contribution in [0.4, 0.5) is 3.89 Å². The van der Waals surface area contributed by atoms with Gasteiger partial charge in [0.1, 0.15) is 5.84 Å². The van der Waals surface area contributed by atoms with Crippen LogP contribution in [0.1, 0.15) is 6.92 Å². The summed E-state index contributed by atoms with van der Waals surface area (Å²) in [5, 5.41) is 0. The number of nitrogens with one attached hydrogen (secondary N) is 1. The van der Waals surface area contributed by atoms with E-state index in [9.17, 15) is 12.3 Å². The van der Waals surface area contributed by atoms with E-state index in [0.717, 1.165) is 0 Å². The highest BCUT2D eigenvalue weighted by Crippen LogP contribution is 1.82. The molecule has 0 spiro atoms. The van der Waals surface area contributed by atoms with Gasteiger partial charge in [-0.1, -0.05) is 3.89 Å². The Balaban J connectivity index is 4.07. The zero-order valence-corrected chi connectivity index (χ0v) is 5.87. The molecule has 0 saturated heterocycles. The predicted octanol–water partition coefficient (Wildman–Crippen LogP) is -0.161. The zero-order chi connectivity index (χ0) is 7.49. The van der Waals surface area contributed by atoms with E-state index in [4.69, 9.17) is 0 Å². The Morgan fingerprint density at radius 1 is 1.67 bits per heavy atom. The minimum absolute atomic E-state index is 0.0255. The summed E-state index contributed by atoms with van der Waals surface area (Å²) in [6, 6.07) is 0. The van der Waals surface area contributed by atoms with Crippen molar-refractivity contribution in [2.45, 2.75) is 6.92 Å². The average Bonchev–Trinajstić information content (AvgIpc) is 1.62. The molecule has 0 fully saturated rings. The molecule has 0 unspecified atom stereocenters. The summed E-state index contributed by atoms with van der Waals surface area (Å²) in [6.07, 6.45) is 0. The zero-order valence-electron chi connectivity index (χ0n) is 5.05. The summed E-state index contributed by atoms with van der Waals surface area (Å²) >= 11 is 0. The van der Waals surface area contributed by atoms with Crippen molar-refractivity contribution in [3.05, 3.63) is 0 Å². The highest BCUT2D eigenvalue weighted by atomic mass is 32.3. The molecule has 0 bridgehead atoms. The van der Waals surface area contributed by atoms with Crippen molar-refractivity contribution >= 4 is 16.2 Å². The third kappa shape index (κ3) is 5.22. The number of hydrogen-bond donors (Lipinski definition) is 1. The van der Waals surface area contributed by atoms with E-state index in [0.29, 0.717) is 0 Å². The Bertz CT molecular complexity index is 208. The van der Waals surface area contributed by atoms with Crippen molar-refractivity contribution < 1.29 is 12.3 Å². The van der Waals surface area contributed by atoms with Crippen LogP contribution < -0.4 is 4.72 Å². The van der Waals surface area contributed by atoms with Crippen molar-refractivity contribution in [2.75, 3.05) is 7.05 Å². The Morgan fingerprint density at radius 3 is 2.22 bits per heavy atom. The molecular formula is C3H7FN2O2S. The normalized spacial score (nSPS) is 13.4. The lowest BCUT2D eigenvalue weighted by Crippen LogP contribution is -2.24. The molecule has 0 aromatic rings. The Labute approximate surface area is 53.1 Å². The van der Waals surface area contributed by atoms with E-state index < -0.39 is 10.4 Å². The highest BCUT2D eigenvalue weighted by molar-refractivity contribution is 7.84. The van der Waals surface area contributed by atoms with Gasteiger partial charge in [-0.3, -0.25) is 4.99 Å². The first-order valence-electron chi connectivity index (χ1n) is 2.11. The number of halogens is 1. The second-order valence-corrected chi connectivity index (χ2v) is 2.43. The number of amidine groups is 1. The van der Waals surface area contributed by atoms with Crippen molar-refractivity contribution in [1.82, 2.24) is 4.72 Å². The minimum atomic E-state index is -4.62. The topological polar surface area (TPSA) is 58.5 Å². The number of nitrogens with zero attached hydrogens (tertiary/aromatic N) is 1. The maximum absolute atomic E-state index is 11.6. The summed E-state index contributed by atoms with van der Waals surface area (Å²) in [4.78, 5) is 3.36. The molecule has 0 radical (unpaired) electrons. The lowest BCUT2D eigenvalue weighted by Gasteiger charge is -1.95. The third-order valence-electron chi connectivity index (χ3n) is 0.605. The smallest absolute Gasteiger partial charge is 0.275 e. The maximum atomic E-state index is 11.6. The first kappa shape index (κ1) is 8.35. The molecule has 54 valence electrons. The summed E-state index contributed by atoms with van der Waals surface area (Å²) in [5.41, 5.74) is 0. The number of aliphatic imine (C=N–C) groups is 1. The Morgan fingerprint density at radius 2 is 2.11 bits per heavy atom. The molecule has 0 aliphatic carbocycles. The fraction of sp³-hybridized carbons (Fsp3) is 0.667. The standard InChI is InChI=1S/C3H7FN2O2S/c1-3(5-2)6-9(4,7)8/h1-2H3,(H,5,6). The van der Waals surface area contributed by atoms with Crippen LogP contribution in [0, 0.1) is 0 Å². The largest absolute Gasteiger partial charge is 0.397 e. The van der Waals surface area contributed by atoms with Crippen molar-refractivity contribution in [2.24, 2.45) is 4.99 Å². The number of rotatable bonds is 1. The Kier molecular flexibility index (Phi) is 2.57. The van der Waals surface area contributed by atoms with Gasteiger partial charge in [-0.2, -0.15) is 8.42 Å². The molecule has 0 aliphatic heterocycles. The van der Waals surface area contributed by atoms with Crippen LogP contribution in [-0.2, 0) is 10.4 Å². The third-order valence-corrected chi connectivity index (χ3v) is 1.14. The van der Waals surface area contributed by atoms with E-state index in [2.05, 4.69) is 4.99 Å². The summed E-state index contributed by atoms with van der Waals surface area (Å²) in [6.45, 7) is 1.34. The molecule has 0 aromatic carbocycles. The second kappa shape index (κ2) is 2.77. The molecule has 0 rings (SSSR count). The molecule has 0 saturated carbocycles. The van der Waals surface area contributed by atoms with Gasteiger partial charge in [0, 0.05) is 7.05 Å². The van der Waals surface area contributed by atoms with E-state index in [1.54, 1.807) is 0 Å². The SMILES string of the molecule is CN=C(C)NS(=O)(=O)F. The van der Waals surface area contributed by atoms with Crippen molar-refractivity contribution in [3.63, 3.8) is 0 Å². The van der Waals surface area contributed by atoms with E-state index in [1.165, 1.54) is 18.7 Å². The maximum Gasteiger partial charge on any atom is 0.397 e. The fourth-order valence-corrected chi connectivity index (χ4v) is 0.666. The monoisotopic (exact) mass is 154 g/mol. The highest BCUT2D eigenvalue weighted by Gasteiger charge is 2.04.